The first-order chi connectivity index (χ1) is 18.7. The van der Waals surface area contributed by atoms with E-state index in [1.165, 1.54) is 0 Å². The van der Waals surface area contributed by atoms with Crippen molar-refractivity contribution in [2.75, 3.05) is 0 Å². The van der Waals surface area contributed by atoms with Gasteiger partial charge in [-0.3, -0.25) is 9.59 Å². The first-order valence-corrected chi connectivity index (χ1v) is 14.4. The van der Waals surface area contributed by atoms with E-state index in [4.69, 9.17) is 4.74 Å². The van der Waals surface area contributed by atoms with Crippen LogP contribution in [0.3, 0.4) is 0 Å². The van der Waals surface area contributed by atoms with E-state index in [0.717, 1.165) is 23.1 Å². The predicted octanol–water partition coefficient (Wildman–Crippen LogP) is 6.56. The number of carbonyl (C=O) groups excluding carboxylic acids is 3. The molecule has 3 amide bonds. The molecule has 40 heavy (non-hydrogen) atoms. The van der Waals surface area contributed by atoms with Crippen LogP contribution < -0.4 is 10.6 Å². The number of nitrogens with zero attached hydrogens (tertiary/aromatic N) is 1. The molecular formula is C33H49N3O4. The second kappa shape index (κ2) is 14.3. The molecule has 0 saturated carbocycles. The number of ether oxygens (including phenoxy) is 1. The summed E-state index contributed by atoms with van der Waals surface area (Å²) in [7, 11) is 0. The van der Waals surface area contributed by atoms with Gasteiger partial charge in [-0.2, -0.15) is 0 Å². The van der Waals surface area contributed by atoms with Crippen molar-refractivity contribution in [1.82, 2.24) is 15.5 Å². The lowest BCUT2D eigenvalue weighted by atomic mass is 9.90. The van der Waals surface area contributed by atoms with Gasteiger partial charge < -0.3 is 20.3 Å². The third-order valence-electron chi connectivity index (χ3n) is 6.97. The summed E-state index contributed by atoms with van der Waals surface area (Å²) in [5.41, 5.74) is 1.42. The largest absolute Gasteiger partial charge is 0.444 e. The summed E-state index contributed by atoms with van der Waals surface area (Å²) in [5, 5.41) is 5.88. The lowest BCUT2D eigenvalue weighted by Crippen LogP contribution is -2.59. The molecule has 0 bridgehead atoms. The van der Waals surface area contributed by atoms with Crippen LogP contribution in [0.25, 0.3) is 0 Å². The summed E-state index contributed by atoms with van der Waals surface area (Å²) in [6.07, 6.45) is 1.22. The smallest absolute Gasteiger partial charge is 0.408 e. The van der Waals surface area contributed by atoms with Crippen LogP contribution in [0, 0.1) is 5.92 Å². The molecule has 0 aliphatic carbocycles. The molecule has 7 heteroatoms. The second-order valence-electron chi connectivity index (χ2n) is 12.4. The van der Waals surface area contributed by atoms with Crippen molar-refractivity contribution in [3.63, 3.8) is 0 Å². The SMILES string of the molecule is CCc1ccc(C(C(=O)NCc2ccccc2)N(C(=O)C(CC(C)C)NC(=O)OC(C)(C)C)C(C)(C)CC)cc1. The number of carbonyl (C=O) groups is 3. The van der Waals surface area contributed by atoms with Gasteiger partial charge in [-0.1, -0.05) is 82.3 Å². The lowest BCUT2D eigenvalue weighted by Gasteiger charge is -2.45. The first-order valence-electron chi connectivity index (χ1n) is 14.4. The van der Waals surface area contributed by atoms with Gasteiger partial charge in [-0.25, -0.2) is 4.79 Å². The Hall–Kier alpha value is -3.35. The van der Waals surface area contributed by atoms with Crippen molar-refractivity contribution in [2.24, 2.45) is 5.92 Å². The molecular weight excluding hydrogens is 502 g/mol. The Morgan fingerprint density at radius 1 is 0.875 bits per heavy atom. The van der Waals surface area contributed by atoms with Gasteiger partial charge in [-0.05, 0) is 76.5 Å². The molecule has 2 atom stereocenters. The van der Waals surface area contributed by atoms with Gasteiger partial charge in [0.15, 0.2) is 0 Å². The van der Waals surface area contributed by atoms with Gasteiger partial charge in [0.2, 0.25) is 11.8 Å². The molecule has 2 N–H and O–H groups in total. The topological polar surface area (TPSA) is 87.7 Å². The maximum atomic E-state index is 14.5. The third-order valence-corrected chi connectivity index (χ3v) is 6.97. The van der Waals surface area contributed by atoms with E-state index in [9.17, 15) is 14.4 Å². The average molecular weight is 552 g/mol. The predicted molar refractivity (Wildman–Crippen MR) is 161 cm³/mol. The van der Waals surface area contributed by atoms with Crippen LogP contribution in [0.4, 0.5) is 4.79 Å². The van der Waals surface area contributed by atoms with E-state index < -0.39 is 29.3 Å². The number of aryl methyl sites for hydroxylation is 1. The highest BCUT2D eigenvalue weighted by Crippen LogP contribution is 2.33. The van der Waals surface area contributed by atoms with Crippen LogP contribution in [-0.4, -0.2) is 40.0 Å². The van der Waals surface area contributed by atoms with E-state index >= 15 is 0 Å². The second-order valence-corrected chi connectivity index (χ2v) is 12.4. The zero-order chi connectivity index (χ0) is 30.1. The quantitative estimate of drug-likeness (QED) is 0.313. The Labute approximate surface area is 241 Å². The lowest BCUT2D eigenvalue weighted by molar-refractivity contribution is -0.149. The highest BCUT2D eigenvalue weighted by atomic mass is 16.6. The maximum Gasteiger partial charge on any atom is 0.408 e. The first kappa shape index (κ1) is 32.9. The van der Waals surface area contributed by atoms with Crippen molar-refractivity contribution in [1.29, 1.82) is 0 Å². The molecule has 0 saturated heterocycles. The van der Waals surface area contributed by atoms with E-state index in [1.54, 1.807) is 25.7 Å². The zero-order valence-corrected chi connectivity index (χ0v) is 25.8. The molecule has 220 valence electrons. The van der Waals surface area contributed by atoms with Gasteiger partial charge in [0, 0.05) is 12.1 Å². The number of rotatable bonds is 12. The van der Waals surface area contributed by atoms with Crippen LogP contribution in [0.15, 0.2) is 54.6 Å². The summed E-state index contributed by atoms with van der Waals surface area (Å²) in [5.74, 6) is -0.473. The summed E-state index contributed by atoms with van der Waals surface area (Å²) < 4.78 is 5.50. The van der Waals surface area contributed by atoms with E-state index in [1.807, 2.05) is 89.2 Å². The number of amides is 3. The molecule has 7 nitrogen and oxygen atoms in total. The monoisotopic (exact) mass is 551 g/mol. The molecule has 0 spiro atoms. The minimum absolute atomic E-state index is 0.115. The van der Waals surface area contributed by atoms with Gasteiger partial charge in [0.25, 0.3) is 0 Å². The molecule has 0 fully saturated rings. The minimum atomic E-state index is -0.896. The maximum absolute atomic E-state index is 14.5. The Balaban J connectivity index is 2.57. The molecule has 0 aliphatic rings. The molecule has 0 aliphatic heterocycles. The van der Waals surface area contributed by atoms with Crippen LogP contribution in [0.5, 0.6) is 0 Å². The molecule has 0 aromatic heterocycles. The fourth-order valence-electron chi connectivity index (χ4n) is 4.49. The number of nitrogens with one attached hydrogen (secondary N) is 2. The Kier molecular flexibility index (Phi) is 11.8. The van der Waals surface area contributed by atoms with Gasteiger partial charge in [-0.15, -0.1) is 0 Å². The molecule has 2 unspecified atom stereocenters. The number of hydrogen-bond acceptors (Lipinski definition) is 4. The summed E-state index contributed by atoms with van der Waals surface area (Å²) >= 11 is 0. The molecule has 0 radical (unpaired) electrons. The van der Waals surface area contributed by atoms with E-state index in [0.29, 0.717) is 19.4 Å². The number of hydrogen-bond donors (Lipinski definition) is 2. The minimum Gasteiger partial charge on any atom is -0.444 e. The fourth-order valence-corrected chi connectivity index (χ4v) is 4.49. The van der Waals surface area contributed by atoms with Crippen molar-refractivity contribution < 1.29 is 19.1 Å². The molecule has 2 rings (SSSR count). The van der Waals surface area contributed by atoms with Crippen molar-refractivity contribution in [3.05, 3.63) is 71.3 Å². The molecule has 0 heterocycles. The zero-order valence-electron chi connectivity index (χ0n) is 25.8. The molecule has 2 aromatic carbocycles. The fraction of sp³-hybridized carbons (Fsp3) is 0.545. The van der Waals surface area contributed by atoms with Crippen LogP contribution in [0.2, 0.25) is 0 Å². The third kappa shape index (κ3) is 9.68. The van der Waals surface area contributed by atoms with E-state index in [-0.39, 0.29) is 17.7 Å². The molecule has 2 aromatic rings. The normalized spacial score (nSPS) is 13.3. The summed E-state index contributed by atoms with van der Waals surface area (Å²) in [4.78, 5) is 43.0. The van der Waals surface area contributed by atoms with Gasteiger partial charge in [0.1, 0.15) is 17.7 Å². The Morgan fingerprint density at radius 2 is 1.48 bits per heavy atom. The highest BCUT2D eigenvalue weighted by molar-refractivity contribution is 5.92. The van der Waals surface area contributed by atoms with Crippen molar-refractivity contribution in [3.8, 4) is 0 Å². The van der Waals surface area contributed by atoms with Crippen molar-refractivity contribution in [2.45, 2.75) is 111 Å². The van der Waals surface area contributed by atoms with E-state index in [2.05, 4.69) is 17.6 Å². The van der Waals surface area contributed by atoms with Crippen LogP contribution >= 0.6 is 0 Å². The Morgan fingerprint density at radius 3 is 1.98 bits per heavy atom. The average Bonchev–Trinajstić information content (AvgIpc) is 2.88. The Bertz CT molecular complexity index is 1100. The summed E-state index contributed by atoms with van der Waals surface area (Å²) in [6.45, 7) is 17.7. The van der Waals surface area contributed by atoms with Gasteiger partial charge >= 0.3 is 6.09 Å². The number of alkyl carbamates (subject to hydrolysis) is 1. The van der Waals surface area contributed by atoms with Crippen molar-refractivity contribution >= 4 is 17.9 Å². The summed E-state index contributed by atoms with van der Waals surface area (Å²) in [6, 6.07) is 15.8. The van der Waals surface area contributed by atoms with Crippen LogP contribution in [-0.2, 0) is 27.3 Å². The number of benzene rings is 2. The standard InChI is InChI=1S/C33H49N3O4/c1-10-24-17-19-26(20-18-24)28(29(37)34-22-25-15-13-12-14-16-25)36(33(8,9)11-2)30(38)27(21-23(3)4)35-31(39)40-32(5,6)7/h12-20,23,27-28H,10-11,21-22H2,1-9H3,(H,34,37)(H,35,39). The highest BCUT2D eigenvalue weighted by Gasteiger charge is 2.43. The van der Waals surface area contributed by atoms with Gasteiger partial charge in [0.05, 0.1) is 0 Å². The van der Waals surface area contributed by atoms with Crippen LogP contribution in [0.1, 0.15) is 97.9 Å².